The number of aryl methyl sites for hydroxylation is 3. The van der Waals surface area contributed by atoms with E-state index in [-0.39, 0.29) is 11.5 Å². The van der Waals surface area contributed by atoms with Crippen LogP contribution in [0.25, 0.3) is 5.57 Å². The average molecular weight is 400 g/mol. The summed E-state index contributed by atoms with van der Waals surface area (Å²) in [5.74, 6) is -1.21. The van der Waals surface area contributed by atoms with E-state index in [1.54, 1.807) is 12.1 Å². The molecule has 1 aliphatic rings. The van der Waals surface area contributed by atoms with Crippen LogP contribution < -0.4 is 10.2 Å². The molecular formula is C25H21FN2O2. The summed E-state index contributed by atoms with van der Waals surface area (Å²) in [6.45, 7) is 5.90. The van der Waals surface area contributed by atoms with E-state index in [9.17, 15) is 14.0 Å². The number of anilines is 2. The highest BCUT2D eigenvalue weighted by atomic mass is 19.1. The number of carbonyl (C=O) groups excluding carboxylic acids is 2. The molecule has 1 aliphatic heterocycles. The van der Waals surface area contributed by atoms with Crippen LogP contribution in [0.15, 0.2) is 72.4 Å². The number of benzene rings is 3. The molecule has 0 atom stereocenters. The zero-order valence-electron chi connectivity index (χ0n) is 17.0. The lowest BCUT2D eigenvalue weighted by Crippen LogP contribution is -2.32. The number of hydrogen-bond donors (Lipinski definition) is 1. The van der Waals surface area contributed by atoms with Crippen molar-refractivity contribution < 1.29 is 14.0 Å². The fourth-order valence-electron chi connectivity index (χ4n) is 3.42. The molecular weight excluding hydrogens is 379 g/mol. The van der Waals surface area contributed by atoms with Crippen molar-refractivity contribution in [2.75, 3.05) is 10.2 Å². The van der Waals surface area contributed by atoms with Gasteiger partial charge < -0.3 is 5.32 Å². The van der Waals surface area contributed by atoms with E-state index in [4.69, 9.17) is 0 Å². The Bertz CT molecular complexity index is 1180. The molecule has 0 bridgehead atoms. The maximum atomic E-state index is 13.4. The summed E-state index contributed by atoms with van der Waals surface area (Å²) in [6, 6.07) is 18.6. The fraction of sp³-hybridized carbons (Fsp3) is 0.120. The van der Waals surface area contributed by atoms with E-state index in [2.05, 4.69) is 5.32 Å². The highest BCUT2D eigenvalue weighted by molar-refractivity contribution is 6.46. The Morgan fingerprint density at radius 3 is 2.07 bits per heavy atom. The monoisotopic (exact) mass is 400 g/mol. The second-order valence-corrected chi connectivity index (χ2v) is 7.46. The predicted molar refractivity (Wildman–Crippen MR) is 117 cm³/mol. The third kappa shape index (κ3) is 3.50. The minimum Gasteiger partial charge on any atom is -0.350 e. The van der Waals surface area contributed by atoms with Gasteiger partial charge in [-0.05, 0) is 73.9 Å². The van der Waals surface area contributed by atoms with Gasteiger partial charge in [0.2, 0.25) is 0 Å². The molecule has 0 spiro atoms. The SMILES string of the molecule is Cc1ccc(N2C(=O)C(Nc3ccc(F)cc3)=C(c3ccc(C)c(C)c3)C2=O)cc1. The number of nitrogens with one attached hydrogen (secondary N) is 1. The Morgan fingerprint density at radius 2 is 1.43 bits per heavy atom. The molecule has 2 amide bonds. The molecule has 0 aromatic heterocycles. The summed E-state index contributed by atoms with van der Waals surface area (Å²) in [4.78, 5) is 27.9. The lowest BCUT2D eigenvalue weighted by molar-refractivity contribution is -0.120. The molecule has 3 aromatic carbocycles. The first-order valence-corrected chi connectivity index (χ1v) is 9.65. The van der Waals surface area contributed by atoms with Crippen LogP contribution in [0.2, 0.25) is 0 Å². The second kappa shape index (κ2) is 7.59. The second-order valence-electron chi connectivity index (χ2n) is 7.46. The Hall–Kier alpha value is -3.73. The van der Waals surface area contributed by atoms with Crippen molar-refractivity contribution in [2.24, 2.45) is 0 Å². The van der Waals surface area contributed by atoms with E-state index >= 15 is 0 Å². The number of carbonyl (C=O) groups is 2. The topological polar surface area (TPSA) is 49.4 Å². The van der Waals surface area contributed by atoms with Gasteiger partial charge >= 0.3 is 0 Å². The minimum atomic E-state index is -0.443. The third-order valence-corrected chi connectivity index (χ3v) is 5.29. The number of imide groups is 1. The van der Waals surface area contributed by atoms with Gasteiger partial charge in [0.1, 0.15) is 11.5 Å². The molecule has 0 unspecified atom stereocenters. The van der Waals surface area contributed by atoms with Gasteiger partial charge in [0, 0.05) is 5.69 Å². The van der Waals surface area contributed by atoms with E-state index in [0.29, 0.717) is 22.5 Å². The Labute approximate surface area is 174 Å². The van der Waals surface area contributed by atoms with Crippen molar-refractivity contribution in [3.63, 3.8) is 0 Å². The van der Waals surface area contributed by atoms with Crippen molar-refractivity contribution in [3.05, 3.63) is 100 Å². The lowest BCUT2D eigenvalue weighted by atomic mass is 9.99. The van der Waals surface area contributed by atoms with Gasteiger partial charge in [0.05, 0.1) is 11.3 Å². The molecule has 0 aliphatic carbocycles. The van der Waals surface area contributed by atoms with Crippen molar-refractivity contribution in [3.8, 4) is 0 Å². The molecule has 1 N–H and O–H groups in total. The largest absolute Gasteiger partial charge is 0.350 e. The van der Waals surface area contributed by atoms with Crippen LogP contribution in [0.4, 0.5) is 15.8 Å². The first-order chi connectivity index (χ1) is 14.3. The standard InChI is InChI=1S/C25H21FN2O2/c1-15-4-12-21(13-5-15)28-24(29)22(18-7-6-16(2)17(3)14-18)23(25(28)30)27-20-10-8-19(26)9-11-20/h4-14,27H,1-3H3. The first-order valence-electron chi connectivity index (χ1n) is 9.65. The van der Waals surface area contributed by atoms with Crippen molar-refractivity contribution >= 4 is 28.8 Å². The Kier molecular flexibility index (Phi) is 4.96. The highest BCUT2D eigenvalue weighted by Gasteiger charge is 2.40. The maximum Gasteiger partial charge on any atom is 0.282 e. The van der Waals surface area contributed by atoms with Crippen LogP contribution in [-0.2, 0) is 9.59 Å². The summed E-state index contributed by atoms with van der Waals surface area (Å²) in [6.07, 6.45) is 0. The van der Waals surface area contributed by atoms with Gasteiger partial charge in [-0.2, -0.15) is 0 Å². The van der Waals surface area contributed by atoms with E-state index < -0.39 is 11.8 Å². The molecule has 30 heavy (non-hydrogen) atoms. The summed E-state index contributed by atoms with van der Waals surface area (Å²) >= 11 is 0. The summed E-state index contributed by atoms with van der Waals surface area (Å²) < 4.78 is 13.3. The molecule has 0 saturated heterocycles. The quantitative estimate of drug-likeness (QED) is 0.617. The molecule has 0 fully saturated rings. The van der Waals surface area contributed by atoms with Gasteiger partial charge in [-0.15, -0.1) is 0 Å². The number of rotatable bonds is 4. The third-order valence-electron chi connectivity index (χ3n) is 5.29. The van der Waals surface area contributed by atoms with Gasteiger partial charge in [-0.25, -0.2) is 9.29 Å². The molecule has 3 aromatic rings. The number of amides is 2. The average Bonchev–Trinajstić information content (AvgIpc) is 2.96. The molecule has 0 radical (unpaired) electrons. The minimum absolute atomic E-state index is 0.176. The number of nitrogens with zero attached hydrogens (tertiary/aromatic N) is 1. The normalized spacial score (nSPS) is 13.9. The molecule has 4 rings (SSSR count). The zero-order valence-corrected chi connectivity index (χ0v) is 17.0. The van der Waals surface area contributed by atoms with Crippen molar-refractivity contribution in [1.29, 1.82) is 0 Å². The number of hydrogen-bond acceptors (Lipinski definition) is 3. The van der Waals surface area contributed by atoms with Crippen LogP contribution >= 0.6 is 0 Å². The smallest absolute Gasteiger partial charge is 0.282 e. The molecule has 1 heterocycles. The molecule has 0 saturated carbocycles. The van der Waals surface area contributed by atoms with Crippen LogP contribution in [-0.4, -0.2) is 11.8 Å². The van der Waals surface area contributed by atoms with Crippen molar-refractivity contribution in [2.45, 2.75) is 20.8 Å². The predicted octanol–water partition coefficient (Wildman–Crippen LogP) is 5.15. The molecule has 5 heteroatoms. The van der Waals surface area contributed by atoms with E-state index in [0.717, 1.165) is 16.7 Å². The number of halogens is 1. The summed E-state index contributed by atoms with van der Waals surface area (Å²) in [5.41, 5.74) is 5.33. The van der Waals surface area contributed by atoms with Gasteiger partial charge in [-0.3, -0.25) is 9.59 Å². The van der Waals surface area contributed by atoms with Crippen LogP contribution in [0.3, 0.4) is 0 Å². The van der Waals surface area contributed by atoms with E-state index in [1.807, 2.05) is 51.1 Å². The summed E-state index contributed by atoms with van der Waals surface area (Å²) in [7, 11) is 0. The maximum absolute atomic E-state index is 13.4. The first kappa shape index (κ1) is 19.6. The molecule has 150 valence electrons. The van der Waals surface area contributed by atoms with Gasteiger partial charge in [0.25, 0.3) is 11.8 Å². The zero-order chi connectivity index (χ0) is 21.4. The van der Waals surface area contributed by atoms with Crippen LogP contribution in [0, 0.1) is 26.6 Å². The lowest BCUT2D eigenvalue weighted by Gasteiger charge is -2.15. The highest BCUT2D eigenvalue weighted by Crippen LogP contribution is 2.34. The van der Waals surface area contributed by atoms with Crippen LogP contribution in [0.5, 0.6) is 0 Å². The van der Waals surface area contributed by atoms with Crippen molar-refractivity contribution in [1.82, 2.24) is 0 Å². The molecule has 4 nitrogen and oxygen atoms in total. The Morgan fingerprint density at radius 1 is 0.767 bits per heavy atom. The van der Waals surface area contributed by atoms with Gasteiger partial charge in [0.15, 0.2) is 0 Å². The van der Waals surface area contributed by atoms with Gasteiger partial charge in [-0.1, -0.05) is 35.9 Å². The van der Waals surface area contributed by atoms with E-state index in [1.165, 1.54) is 29.2 Å². The fourth-order valence-corrected chi connectivity index (χ4v) is 3.42. The van der Waals surface area contributed by atoms with Crippen LogP contribution in [0.1, 0.15) is 22.3 Å². The Balaban J connectivity index is 1.83. The summed E-state index contributed by atoms with van der Waals surface area (Å²) in [5, 5.41) is 3.04.